The molecule has 14 nitrogen and oxygen atoms in total. The van der Waals surface area contributed by atoms with Gasteiger partial charge in [-0.1, -0.05) is 18.2 Å². The van der Waals surface area contributed by atoms with Gasteiger partial charge in [-0.05, 0) is 117 Å². The molecule has 5 aromatic rings. The summed E-state index contributed by atoms with van der Waals surface area (Å²) in [5.41, 5.74) is 1.26. The number of amides is 3. The monoisotopic (exact) mass is 928 g/mol. The van der Waals surface area contributed by atoms with E-state index in [0.717, 1.165) is 86.1 Å². The summed E-state index contributed by atoms with van der Waals surface area (Å²) < 4.78 is 89.2. The number of aromatic nitrogens is 2. The lowest BCUT2D eigenvalue weighted by atomic mass is 9.87. The smallest absolute Gasteiger partial charge is 0.301 e. The van der Waals surface area contributed by atoms with Crippen molar-refractivity contribution in [2.24, 2.45) is 5.92 Å². The Labute approximate surface area is 378 Å². The first-order valence-corrected chi connectivity index (χ1v) is 23.6. The second-order valence-corrected chi connectivity index (χ2v) is 19.2. The Balaban J connectivity index is 0.841. The van der Waals surface area contributed by atoms with Gasteiger partial charge in [0, 0.05) is 73.7 Å². The number of anilines is 2. The molecule has 0 radical (unpaired) electrons. The molecule has 346 valence electrons. The van der Waals surface area contributed by atoms with E-state index < -0.39 is 81.2 Å². The van der Waals surface area contributed by atoms with Gasteiger partial charge >= 0.3 is 10.2 Å². The summed E-state index contributed by atoms with van der Waals surface area (Å²) in [6, 6.07) is 14.5. The lowest BCUT2D eigenvalue weighted by Crippen LogP contribution is -2.52. The van der Waals surface area contributed by atoms with E-state index in [-0.39, 0.29) is 42.9 Å². The van der Waals surface area contributed by atoms with Crippen LogP contribution < -0.4 is 20.3 Å². The summed E-state index contributed by atoms with van der Waals surface area (Å²) in [5.74, 6) is -5.38. The van der Waals surface area contributed by atoms with Gasteiger partial charge in [-0.25, -0.2) is 22.5 Å². The fourth-order valence-corrected chi connectivity index (χ4v) is 10.9. The number of carbonyl (C=O) groups excluding carboxylic acids is 4. The number of piperidine rings is 3. The van der Waals surface area contributed by atoms with Gasteiger partial charge in [0.05, 0.1) is 16.8 Å². The molecule has 66 heavy (non-hydrogen) atoms. The van der Waals surface area contributed by atoms with Crippen LogP contribution in [0.2, 0.25) is 0 Å². The molecule has 4 saturated heterocycles. The second kappa shape index (κ2) is 18.6. The van der Waals surface area contributed by atoms with Crippen molar-refractivity contribution in [3.05, 3.63) is 113 Å². The number of hydrogen-bond donors (Lipinski definition) is 4. The van der Waals surface area contributed by atoms with Gasteiger partial charge in [-0.2, -0.15) is 12.7 Å². The number of nitrogens with zero attached hydrogens (tertiary/aromatic N) is 4. The molecule has 0 saturated carbocycles. The van der Waals surface area contributed by atoms with Crippen molar-refractivity contribution in [1.82, 2.24) is 29.8 Å². The number of rotatable bonds is 12. The van der Waals surface area contributed by atoms with Crippen molar-refractivity contribution < 1.29 is 45.2 Å². The van der Waals surface area contributed by atoms with Crippen molar-refractivity contribution in [2.45, 2.75) is 63.1 Å². The van der Waals surface area contributed by atoms with E-state index in [0.29, 0.717) is 28.1 Å². The standard InChI is InChI=1S/C47H48F4N8O6S/c48-31-15-21-59(26-31)66(64,65)56-38-7-6-37(50)42(43(38)51)44(61)41-33-10-16-52-45(33)53-24-35(41)30-2-1-3-32(22-30)58-19-11-27(12-20-58)25-57-17-13-28(14-18-57)29-4-5-36(49)34(23-29)46(62)54-39-8-9-40(60)55-47(39)63/h1-7,10,16,22-24,27-28,31,39,56H,8-9,11-15,17-21,25-26H2,(H,52,53)(H,54,62)(H,55,60,63)/t31-,39+/m1/s1. The predicted molar refractivity (Wildman–Crippen MR) is 238 cm³/mol. The average Bonchev–Trinajstić information content (AvgIpc) is 3.98. The fourth-order valence-electron chi connectivity index (χ4n) is 9.64. The van der Waals surface area contributed by atoms with Crippen LogP contribution in [0.4, 0.5) is 28.9 Å². The topological polar surface area (TPSA) is 177 Å². The Morgan fingerprint density at radius 1 is 0.848 bits per heavy atom. The Morgan fingerprint density at radius 3 is 2.36 bits per heavy atom. The number of imide groups is 1. The number of hydrogen-bond acceptors (Lipinski definition) is 9. The molecule has 2 atom stereocenters. The Bertz CT molecular complexity index is 2830. The second-order valence-electron chi connectivity index (χ2n) is 17.5. The number of ketones is 1. The zero-order valence-corrected chi connectivity index (χ0v) is 36.6. The molecule has 19 heteroatoms. The molecule has 3 aromatic carbocycles. The van der Waals surface area contributed by atoms with Crippen molar-refractivity contribution in [3.8, 4) is 11.1 Å². The van der Waals surface area contributed by atoms with Crippen LogP contribution >= 0.6 is 0 Å². The highest BCUT2D eigenvalue weighted by atomic mass is 32.2. The van der Waals surface area contributed by atoms with Crippen LogP contribution in [0.5, 0.6) is 0 Å². The van der Waals surface area contributed by atoms with Gasteiger partial charge < -0.3 is 20.1 Å². The molecule has 3 amide bonds. The van der Waals surface area contributed by atoms with E-state index in [4.69, 9.17) is 0 Å². The third-order valence-electron chi connectivity index (χ3n) is 13.3. The minimum Gasteiger partial charge on any atom is -0.371 e. The zero-order chi connectivity index (χ0) is 46.3. The van der Waals surface area contributed by atoms with Crippen LogP contribution in [0.1, 0.15) is 82.7 Å². The van der Waals surface area contributed by atoms with E-state index >= 15 is 8.78 Å². The highest BCUT2D eigenvalue weighted by Crippen LogP contribution is 2.37. The number of nitrogens with one attached hydrogen (secondary N) is 4. The van der Waals surface area contributed by atoms with Gasteiger partial charge in [-0.15, -0.1) is 0 Å². The molecular formula is C47H48F4N8O6S. The number of aromatic amines is 1. The van der Waals surface area contributed by atoms with E-state index in [1.54, 1.807) is 30.5 Å². The maximum Gasteiger partial charge on any atom is 0.301 e. The molecule has 4 aliphatic rings. The van der Waals surface area contributed by atoms with Gasteiger partial charge in [0.25, 0.3) is 5.91 Å². The number of benzene rings is 3. The minimum absolute atomic E-state index is 0.0115. The highest BCUT2D eigenvalue weighted by molar-refractivity contribution is 7.90. The third-order valence-corrected chi connectivity index (χ3v) is 14.8. The SMILES string of the molecule is O=C1CC[C@H](NC(=O)c2cc(C3CCN(CC4CCN(c5cccc(-c6cnc7[nH]ccc7c6C(=O)c6c(F)ccc(NS(=O)(=O)N7CC[C@@H](F)C7)c6F)c5)CC4)CC3)ccc2F)C(=O)N1. The summed E-state index contributed by atoms with van der Waals surface area (Å²) in [6.07, 6.45) is 5.44. The lowest BCUT2D eigenvalue weighted by Gasteiger charge is -2.38. The molecule has 2 aromatic heterocycles. The zero-order valence-electron chi connectivity index (χ0n) is 35.8. The first-order chi connectivity index (χ1) is 31.7. The van der Waals surface area contributed by atoms with Gasteiger partial charge in [0.15, 0.2) is 11.6 Å². The van der Waals surface area contributed by atoms with Gasteiger partial charge in [0.1, 0.15) is 29.5 Å². The number of likely N-dealkylation sites (tertiary alicyclic amines) is 1. The summed E-state index contributed by atoms with van der Waals surface area (Å²) in [6.45, 7) is 3.63. The van der Waals surface area contributed by atoms with Gasteiger partial charge in [0.2, 0.25) is 11.8 Å². The third kappa shape index (κ3) is 9.28. The molecule has 9 rings (SSSR count). The first-order valence-electron chi connectivity index (χ1n) is 22.1. The molecule has 4 fully saturated rings. The molecular weight excluding hydrogens is 881 g/mol. The molecule has 6 heterocycles. The lowest BCUT2D eigenvalue weighted by molar-refractivity contribution is -0.134. The molecule has 4 aliphatic heterocycles. The van der Waals surface area contributed by atoms with Crippen molar-refractivity contribution in [3.63, 3.8) is 0 Å². The summed E-state index contributed by atoms with van der Waals surface area (Å²) >= 11 is 0. The van der Waals surface area contributed by atoms with E-state index in [9.17, 15) is 36.4 Å². The average molecular weight is 929 g/mol. The van der Waals surface area contributed by atoms with Crippen molar-refractivity contribution in [2.75, 3.05) is 55.4 Å². The van der Waals surface area contributed by atoms with Crippen molar-refractivity contribution in [1.29, 1.82) is 0 Å². The molecule has 4 N–H and O–H groups in total. The van der Waals surface area contributed by atoms with Crippen LogP contribution in [0.25, 0.3) is 22.2 Å². The van der Waals surface area contributed by atoms with Crippen LogP contribution in [-0.2, 0) is 19.8 Å². The van der Waals surface area contributed by atoms with Crippen LogP contribution in [0.15, 0.2) is 73.1 Å². The summed E-state index contributed by atoms with van der Waals surface area (Å²) in [7, 11) is -4.40. The normalized spacial score (nSPS) is 20.5. The number of H-pyrrole nitrogens is 1. The molecule has 0 bridgehead atoms. The maximum absolute atomic E-state index is 16.2. The number of carbonyl (C=O) groups is 4. The number of alkyl halides is 1. The Kier molecular flexibility index (Phi) is 12.7. The largest absolute Gasteiger partial charge is 0.371 e. The van der Waals surface area contributed by atoms with Crippen LogP contribution in [-0.4, -0.2) is 109 Å². The van der Waals surface area contributed by atoms with Crippen molar-refractivity contribution >= 4 is 56.1 Å². The van der Waals surface area contributed by atoms with Crippen LogP contribution in [0.3, 0.4) is 0 Å². The first kappa shape index (κ1) is 45.0. The van der Waals surface area contributed by atoms with Gasteiger partial charge in [-0.3, -0.25) is 29.2 Å². The van der Waals surface area contributed by atoms with E-state index in [2.05, 4.69) is 35.1 Å². The summed E-state index contributed by atoms with van der Waals surface area (Å²) in [4.78, 5) is 63.2. The van der Waals surface area contributed by atoms with Crippen LogP contribution in [0, 0.1) is 23.4 Å². The molecule has 0 unspecified atom stereocenters. The Morgan fingerprint density at radius 2 is 1.62 bits per heavy atom. The maximum atomic E-state index is 16.2. The highest BCUT2D eigenvalue weighted by Gasteiger charge is 2.35. The fraction of sp³-hybridized carbons (Fsp3) is 0.383. The molecule has 0 spiro atoms. The van der Waals surface area contributed by atoms with E-state index in [1.165, 1.54) is 12.3 Å². The Hall–Kier alpha value is -6.18. The number of halogens is 4. The summed E-state index contributed by atoms with van der Waals surface area (Å²) in [5, 5.41) is 5.09. The quantitative estimate of drug-likeness (QED) is 0.0644. The predicted octanol–water partition coefficient (Wildman–Crippen LogP) is 6.21. The number of fused-ring (bicyclic) bond motifs is 1. The van der Waals surface area contributed by atoms with E-state index in [1.807, 2.05) is 18.2 Å². The minimum atomic E-state index is -4.40. The number of pyridine rings is 1. The molecule has 0 aliphatic carbocycles.